The highest BCUT2D eigenvalue weighted by atomic mass is 16.2. The highest BCUT2D eigenvalue weighted by Gasteiger charge is 2.28. The molecule has 3 aromatic heterocycles. The van der Waals surface area contributed by atoms with Crippen LogP contribution in [0.15, 0.2) is 49.1 Å². The Hall–Kier alpha value is -3.55. The summed E-state index contributed by atoms with van der Waals surface area (Å²) in [6, 6.07) is 10.5. The van der Waals surface area contributed by atoms with Gasteiger partial charge in [-0.1, -0.05) is 18.2 Å². The molecule has 1 aromatic carbocycles. The number of benzene rings is 1. The lowest BCUT2D eigenvalue weighted by atomic mass is 9.89. The second-order valence-corrected chi connectivity index (χ2v) is 8.15. The number of hydrogen-bond donors (Lipinski definition) is 1. The zero-order valence-electron chi connectivity index (χ0n) is 17.5. The van der Waals surface area contributed by atoms with E-state index >= 15 is 0 Å². The van der Waals surface area contributed by atoms with E-state index in [4.69, 9.17) is 0 Å². The van der Waals surface area contributed by atoms with Gasteiger partial charge in [-0.05, 0) is 53.5 Å². The first kappa shape index (κ1) is 19.4. The monoisotopic (exact) mass is 415 g/mol. The van der Waals surface area contributed by atoms with Crippen molar-refractivity contribution >= 4 is 16.8 Å². The number of fused-ring (bicyclic) bond motifs is 1. The fourth-order valence-corrected chi connectivity index (χ4v) is 4.61. The normalized spacial score (nSPS) is 16.7. The van der Waals surface area contributed by atoms with Crippen LogP contribution < -0.4 is 0 Å². The smallest absolute Gasteiger partial charge is 0.224 e. The summed E-state index contributed by atoms with van der Waals surface area (Å²) < 4.78 is 1.60. The van der Waals surface area contributed by atoms with Crippen LogP contribution in [0, 0.1) is 6.92 Å². The number of pyridine rings is 1. The first-order valence-electron chi connectivity index (χ1n) is 10.7. The number of para-hydroxylation sites is 1. The van der Waals surface area contributed by atoms with Gasteiger partial charge in [-0.2, -0.15) is 0 Å². The van der Waals surface area contributed by atoms with Crippen LogP contribution in [-0.2, 0) is 11.3 Å². The molecule has 158 valence electrons. The second-order valence-electron chi connectivity index (χ2n) is 8.15. The molecule has 4 heterocycles. The van der Waals surface area contributed by atoms with Gasteiger partial charge in [-0.25, -0.2) is 4.68 Å². The molecule has 1 aliphatic heterocycles. The van der Waals surface area contributed by atoms with E-state index < -0.39 is 0 Å². The van der Waals surface area contributed by atoms with Gasteiger partial charge in [0.25, 0.3) is 0 Å². The summed E-state index contributed by atoms with van der Waals surface area (Å²) in [6.45, 7) is 4.16. The highest BCUT2D eigenvalue weighted by molar-refractivity contribution is 5.99. The van der Waals surface area contributed by atoms with Gasteiger partial charge in [-0.15, -0.1) is 5.10 Å². The largest absolute Gasteiger partial charge is 0.357 e. The summed E-state index contributed by atoms with van der Waals surface area (Å²) >= 11 is 0. The van der Waals surface area contributed by atoms with Crippen molar-refractivity contribution in [2.24, 2.45) is 0 Å². The fraction of sp³-hybridized carbons (Fsp3) is 0.348. The maximum absolute atomic E-state index is 12.9. The molecule has 1 saturated heterocycles. The van der Waals surface area contributed by atoms with Crippen LogP contribution in [0.5, 0.6) is 0 Å². The van der Waals surface area contributed by atoms with Crippen molar-refractivity contribution in [1.82, 2.24) is 35.1 Å². The van der Waals surface area contributed by atoms with Gasteiger partial charge < -0.3 is 9.88 Å². The summed E-state index contributed by atoms with van der Waals surface area (Å²) in [4.78, 5) is 22.8. The van der Waals surface area contributed by atoms with Crippen molar-refractivity contribution in [3.8, 4) is 11.1 Å². The first-order chi connectivity index (χ1) is 15.2. The lowest BCUT2D eigenvalue weighted by Gasteiger charge is -2.33. The van der Waals surface area contributed by atoms with E-state index in [1.165, 1.54) is 27.7 Å². The molecule has 5 rings (SSSR count). The molecule has 0 spiro atoms. The van der Waals surface area contributed by atoms with Gasteiger partial charge in [0.2, 0.25) is 5.91 Å². The highest BCUT2D eigenvalue weighted by Crippen LogP contribution is 2.40. The number of tetrazole rings is 1. The zero-order chi connectivity index (χ0) is 21.2. The molecule has 1 aliphatic rings. The van der Waals surface area contributed by atoms with Gasteiger partial charge >= 0.3 is 0 Å². The Morgan fingerprint density at radius 1 is 1.23 bits per heavy atom. The Bertz CT molecular complexity index is 1180. The van der Waals surface area contributed by atoms with E-state index in [9.17, 15) is 4.79 Å². The zero-order valence-corrected chi connectivity index (χ0v) is 17.5. The number of nitrogens with one attached hydrogen (secondary N) is 1. The lowest BCUT2D eigenvalue weighted by Crippen LogP contribution is -2.39. The van der Waals surface area contributed by atoms with Crippen LogP contribution in [0.2, 0.25) is 0 Å². The van der Waals surface area contributed by atoms with E-state index in [1.54, 1.807) is 11.0 Å². The molecule has 1 amide bonds. The molecule has 8 nitrogen and oxygen atoms in total. The van der Waals surface area contributed by atoms with Gasteiger partial charge in [0.1, 0.15) is 6.33 Å². The number of aryl methyl sites for hydroxylation is 2. The van der Waals surface area contributed by atoms with E-state index in [0.717, 1.165) is 31.5 Å². The minimum atomic E-state index is 0.151. The third-order valence-corrected chi connectivity index (χ3v) is 6.17. The van der Waals surface area contributed by atoms with Crippen molar-refractivity contribution in [1.29, 1.82) is 0 Å². The Morgan fingerprint density at radius 3 is 2.90 bits per heavy atom. The van der Waals surface area contributed by atoms with Gasteiger partial charge in [0.15, 0.2) is 0 Å². The molecule has 1 unspecified atom stereocenters. The van der Waals surface area contributed by atoms with Crippen molar-refractivity contribution in [2.45, 2.75) is 38.6 Å². The van der Waals surface area contributed by atoms with E-state index in [0.29, 0.717) is 13.0 Å². The standard InChI is InChI=1S/C23H25N7O/c1-16-4-2-6-19-21(17-7-10-24-11-8-17)23(26-22(16)19)18-5-3-12-29(14-18)20(31)9-13-30-15-25-27-28-30/h2,4,6-8,10-11,15,18,26H,3,5,9,12-14H2,1H3. The number of amides is 1. The molecule has 0 aliphatic carbocycles. The van der Waals surface area contributed by atoms with E-state index in [2.05, 4.69) is 62.7 Å². The summed E-state index contributed by atoms with van der Waals surface area (Å²) in [6.07, 6.45) is 7.67. The topological polar surface area (TPSA) is 92.6 Å². The number of rotatable bonds is 5. The number of nitrogens with zero attached hydrogens (tertiary/aromatic N) is 6. The van der Waals surface area contributed by atoms with Crippen molar-refractivity contribution in [2.75, 3.05) is 13.1 Å². The fourth-order valence-electron chi connectivity index (χ4n) is 4.61. The number of carbonyl (C=O) groups is 1. The SMILES string of the molecule is Cc1cccc2c(-c3ccncc3)c(C3CCCN(C(=O)CCn4cnnn4)C3)[nH]c12. The number of hydrogen-bond acceptors (Lipinski definition) is 5. The Balaban J connectivity index is 1.44. The Kier molecular flexibility index (Phi) is 5.19. The van der Waals surface area contributed by atoms with Crippen LogP contribution >= 0.6 is 0 Å². The van der Waals surface area contributed by atoms with Gasteiger partial charge in [-0.3, -0.25) is 9.78 Å². The Morgan fingerprint density at radius 2 is 2.10 bits per heavy atom. The minimum Gasteiger partial charge on any atom is -0.357 e. The van der Waals surface area contributed by atoms with Crippen LogP contribution in [0.4, 0.5) is 0 Å². The number of aromatic nitrogens is 6. The molecule has 0 bridgehead atoms. The van der Waals surface area contributed by atoms with Gasteiger partial charge in [0, 0.05) is 60.0 Å². The van der Waals surface area contributed by atoms with Crippen molar-refractivity contribution < 1.29 is 4.79 Å². The van der Waals surface area contributed by atoms with E-state index in [-0.39, 0.29) is 11.8 Å². The number of likely N-dealkylation sites (tertiary alicyclic amines) is 1. The summed E-state index contributed by atoms with van der Waals surface area (Å²) in [5.41, 5.74) is 6.00. The van der Waals surface area contributed by atoms with Crippen LogP contribution in [0.3, 0.4) is 0 Å². The summed E-state index contributed by atoms with van der Waals surface area (Å²) in [5.74, 6) is 0.415. The van der Waals surface area contributed by atoms with Crippen molar-refractivity contribution in [3.05, 3.63) is 60.3 Å². The maximum atomic E-state index is 12.9. The predicted octanol–water partition coefficient (Wildman–Crippen LogP) is 3.32. The van der Waals surface area contributed by atoms with Crippen molar-refractivity contribution in [3.63, 3.8) is 0 Å². The molecule has 1 N–H and O–H groups in total. The number of carbonyl (C=O) groups excluding carboxylic acids is 1. The van der Waals surface area contributed by atoms with Crippen LogP contribution in [0.25, 0.3) is 22.0 Å². The molecule has 0 radical (unpaired) electrons. The number of H-pyrrole nitrogens is 1. The molecule has 31 heavy (non-hydrogen) atoms. The molecule has 4 aromatic rings. The minimum absolute atomic E-state index is 0.151. The molecule has 1 fully saturated rings. The number of piperidine rings is 1. The van der Waals surface area contributed by atoms with Crippen LogP contribution in [-0.4, -0.2) is 54.1 Å². The predicted molar refractivity (Wildman–Crippen MR) is 117 cm³/mol. The summed E-state index contributed by atoms with van der Waals surface area (Å²) in [7, 11) is 0. The van der Waals surface area contributed by atoms with Gasteiger partial charge in [0.05, 0.1) is 6.54 Å². The molecular weight excluding hydrogens is 390 g/mol. The Labute approximate surface area is 180 Å². The van der Waals surface area contributed by atoms with Crippen LogP contribution in [0.1, 0.15) is 36.4 Å². The third-order valence-electron chi connectivity index (χ3n) is 6.17. The molecule has 8 heteroatoms. The third kappa shape index (κ3) is 3.81. The summed E-state index contributed by atoms with van der Waals surface area (Å²) in [5, 5.41) is 12.3. The molecular formula is C23H25N7O. The molecule has 0 saturated carbocycles. The quantitative estimate of drug-likeness (QED) is 0.540. The van der Waals surface area contributed by atoms with E-state index in [1.807, 2.05) is 17.3 Å². The molecule has 1 atom stereocenters. The first-order valence-corrected chi connectivity index (χ1v) is 10.7. The second kappa shape index (κ2) is 8.29. The lowest BCUT2D eigenvalue weighted by molar-refractivity contribution is -0.132. The average molecular weight is 416 g/mol. The number of aromatic amines is 1. The average Bonchev–Trinajstić information content (AvgIpc) is 3.47. The maximum Gasteiger partial charge on any atom is 0.224 e.